The van der Waals surface area contributed by atoms with Crippen LogP contribution in [-0.2, 0) is 9.59 Å². The van der Waals surface area contributed by atoms with Gasteiger partial charge in [0.1, 0.15) is 0 Å². The van der Waals surface area contributed by atoms with E-state index in [2.05, 4.69) is 26.6 Å². The molecule has 90 valence electrons. The van der Waals surface area contributed by atoms with Crippen LogP contribution in [0.4, 0.5) is 5.69 Å². The van der Waals surface area contributed by atoms with Gasteiger partial charge < -0.3 is 10.6 Å². The monoisotopic (exact) mass is 296 g/mol. The quantitative estimate of drug-likeness (QED) is 0.876. The second-order valence-electron chi connectivity index (χ2n) is 4.04. The number of rotatable bonds is 2. The van der Waals surface area contributed by atoms with E-state index in [1.54, 1.807) is 0 Å². The summed E-state index contributed by atoms with van der Waals surface area (Å²) in [4.78, 5) is 22.9. The van der Waals surface area contributed by atoms with E-state index >= 15 is 0 Å². The summed E-state index contributed by atoms with van der Waals surface area (Å²) in [5.41, 5.74) is 0.773. The number of halogens is 1. The van der Waals surface area contributed by atoms with Crippen LogP contribution in [0.15, 0.2) is 28.7 Å². The van der Waals surface area contributed by atoms with Crippen LogP contribution in [0.3, 0.4) is 0 Å². The van der Waals surface area contributed by atoms with Crippen LogP contribution in [-0.4, -0.2) is 18.4 Å². The summed E-state index contributed by atoms with van der Waals surface area (Å²) in [7, 11) is 0. The molecule has 1 aliphatic rings. The summed E-state index contributed by atoms with van der Waals surface area (Å²) in [5, 5.41) is 5.54. The molecule has 1 atom stereocenters. The normalized spacial score (nSPS) is 19.6. The molecule has 2 N–H and O–H groups in total. The van der Waals surface area contributed by atoms with Gasteiger partial charge in [0.05, 0.1) is 5.92 Å². The predicted octanol–water partition coefficient (Wildman–Crippen LogP) is 1.91. The summed E-state index contributed by atoms with van der Waals surface area (Å²) in [6.45, 7) is 0.432. The third kappa shape index (κ3) is 3.30. The maximum Gasteiger partial charge on any atom is 0.229 e. The zero-order chi connectivity index (χ0) is 12.3. The molecule has 0 spiro atoms. The van der Waals surface area contributed by atoms with Crippen LogP contribution in [0.2, 0.25) is 0 Å². The number of piperidine rings is 1. The molecule has 0 radical (unpaired) electrons. The first-order valence-corrected chi connectivity index (χ1v) is 6.27. The minimum Gasteiger partial charge on any atom is -0.355 e. The van der Waals surface area contributed by atoms with Crippen molar-refractivity contribution in [2.45, 2.75) is 12.8 Å². The molecule has 0 aliphatic carbocycles. The van der Waals surface area contributed by atoms with Gasteiger partial charge in [0.2, 0.25) is 11.8 Å². The summed E-state index contributed by atoms with van der Waals surface area (Å²) in [6, 6.07) is 7.42. The lowest BCUT2D eigenvalue weighted by atomic mass is 9.98. The Morgan fingerprint density at radius 2 is 2.06 bits per heavy atom. The number of benzene rings is 1. The van der Waals surface area contributed by atoms with Gasteiger partial charge >= 0.3 is 0 Å². The molecule has 1 heterocycles. The van der Waals surface area contributed by atoms with Crippen molar-refractivity contribution in [3.05, 3.63) is 28.7 Å². The molecule has 1 aromatic carbocycles. The molecule has 1 fully saturated rings. The second kappa shape index (κ2) is 5.31. The van der Waals surface area contributed by atoms with Crippen molar-refractivity contribution >= 4 is 33.4 Å². The highest BCUT2D eigenvalue weighted by molar-refractivity contribution is 9.10. The fourth-order valence-corrected chi connectivity index (χ4v) is 2.00. The lowest BCUT2D eigenvalue weighted by molar-refractivity contribution is -0.126. The lowest BCUT2D eigenvalue weighted by Crippen LogP contribution is -2.40. The average molecular weight is 297 g/mol. The molecule has 0 aromatic heterocycles. The Kier molecular flexibility index (Phi) is 3.78. The zero-order valence-electron chi connectivity index (χ0n) is 9.20. The van der Waals surface area contributed by atoms with Crippen LogP contribution in [0.5, 0.6) is 0 Å². The van der Waals surface area contributed by atoms with Gasteiger partial charge in [-0.05, 0) is 30.7 Å². The second-order valence-corrected chi connectivity index (χ2v) is 4.95. The molecule has 1 unspecified atom stereocenters. The number of nitrogens with one attached hydrogen (secondary N) is 2. The van der Waals surface area contributed by atoms with E-state index in [0.29, 0.717) is 19.4 Å². The molecule has 0 saturated carbocycles. The molecule has 2 rings (SSSR count). The van der Waals surface area contributed by atoms with Gasteiger partial charge in [-0.2, -0.15) is 0 Å². The van der Waals surface area contributed by atoms with Crippen LogP contribution in [0.1, 0.15) is 12.8 Å². The summed E-state index contributed by atoms with van der Waals surface area (Å²) in [6.07, 6.45) is 1.05. The highest BCUT2D eigenvalue weighted by Gasteiger charge is 2.24. The largest absolute Gasteiger partial charge is 0.355 e. The Balaban J connectivity index is 1.92. The van der Waals surface area contributed by atoms with Crippen molar-refractivity contribution in [3.8, 4) is 0 Å². The summed E-state index contributed by atoms with van der Waals surface area (Å²) >= 11 is 3.33. The first-order chi connectivity index (χ1) is 8.15. The number of carbonyl (C=O) groups excluding carboxylic acids is 2. The fraction of sp³-hybridized carbons (Fsp3) is 0.333. The van der Waals surface area contributed by atoms with Crippen molar-refractivity contribution in [2.75, 3.05) is 11.9 Å². The number of hydrogen-bond acceptors (Lipinski definition) is 2. The van der Waals surface area contributed by atoms with Crippen molar-refractivity contribution in [1.29, 1.82) is 0 Å². The first kappa shape index (κ1) is 12.1. The van der Waals surface area contributed by atoms with Gasteiger partial charge in [-0.1, -0.05) is 15.9 Å². The molecule has 0 bridgehead atoms. The Bertz CT molecular complexity index is 421. The fourth-order valence-electron chi connectivity index (χ4n) is 1.73. The summed E-state index contributed by atoms with van der Waals surface area (Å²) < 4.78 is 0.973. The SMILES string of the molecule is O=C1CCC(C(=O)Nc2ccc(Br)cc2)CN1. The Labute approximate surface area is 108 Å². The molecule has 5 heteroatoms. The Morgan fingerprint density at radius 3 is 2.65 bits per heavy atom. The van der Waals surface area contributed by atoms with E-state index in [4.69, 9.17) is 0 Å². The first-order valence-electron chi connectivity index (χ1n) is 5.48. The lowest BCUT2D eigenvalue weighted by Gasteiger charge is -2.21. The third-order valence-corrected chi connectivity index (χ3v) is 3.28. The van der Waals surface area contributed by atoms with Crippen molar-refractivity contribution in [2.24, 2.45) is 5.92 Å². The van der Waals surface area contributed by atoms with E-state index < -0.39 is 0 Å². The van der Waals surface area contributed by atoms with E-state index in [9.17, 15) is 9.59 Å². The Morgan fingerprint density at radius 1 is 1.35 bits per heavy atom. The van der Waals surface area contributed by atoms with Gasteiger partial charge in [0.15, 0.2) is 0 Å². The van der Waals surface area contributed by atoms with Gasteiger partial charge in [-0.25, -0.2) is 0 Å². The van der Waals surface area contributed by atoms with Crippen LogP contribution < -0.4 is 10.6 Å². The van der Waals surface area contributed by atoms with Gasteiger partial charge in [0, 0.05) is 23.1 Å². The van der Waals surface area contributed by atoms with E-state index in [-0.39, 0.29) is 17.7 Å². The topological polar surface area (TPSA) is 58.2 Å². The molecule has 1 aromatic rings. The van der Waals surface area contributed by atoms with Gasteiger partial charge in [0.25, 0.3) is 0 Å². The number of anilines is 1. The van der Waals surface area contributed by atoms with Crippen LogP contribution >= 0.6 is 15.9 Å². The van der Waals surface area contributed by atoms with Crippen molar-refractivity contribution in [1.82, 2.24) is 5.32 Å². The highest BCUT2D eigenvalue weighted by Crippen LogP contribution is 2.17. The van der Waals surface area contributed by atoms with Gasteiger partial charge in [-0.3, -0.25) is 9.59 Å². The predicted molar refractivity (Wildman–Crippen MR) is 68.5 cm³/mol. The summed E-state index contributed by atoms with van der Waals surface area (Å²) in [5.74, 6) is -0.138. The van der Waals surface area contributed by atoms with Crippen LogP contribution in [0.25, 0.3) is 0 Å². The van der Waals surface area contributed by atoms with E-state index in [1.807, 2.05) is 24.3 Å². The minimum atomic E-state index is -0.128. The number of amides is 2. The molecular formula is C12H13BrN2O2. The van der Waals surface area contributed by atoms with E-state index in [1.165, 1.54) is 0 Å². The minimum absolute atomic E-state index is 0.0256. The standard InChI is InChI=1S/C12H13BrN2O2/c13-9-2-4-10(5-3-9)15-12(17)8-1-6-11(16)14-7-8/h2-5,8H,1,6-7H2,(H,14,16)(H,15,17). The maximum atomic E-state index is 11.9. The average Bonchev–Trinajstić information content (AvgIpc) is 2.33. The Hall–Kier alpha value is -1.36. The molecule has 1 aliphatic heterocycles. The highest BCUT2D eigenvalue weighted by atomic mass is 79.9. The molecule has 17 heavy (non-hydrogen) atoms. The maximum absolute atomic E-state index is 11.9. The molecular weight excluding hydrogens is 284 g/mol. The molecule has 4 nitrogen and oxygen atoms in total. The van der Waals surface area contributed by atoms with Crippen molar-refractivity contribution in [3.63, 3.8) is 0 Å². The number of carbonyl (C=O) groups is 2. The number of hydrogen-bond donors (Lipinski definition) is 2. The molecule has 1 saturated heterocycles. The smallest absolute Gasteiger partial charge is 0.229 e. The van der Waals surface area contributed by atoms with Crippen molar-refractivity contribution < 1.29 is 9.59 Å². The third-order valence-electron chi connectivity index (χ3n) is 2.75. The zero-order valence-corrected chi connectivity index (χ0v) is 10.8. The van der Waals surface area contributed by atoms with Gasteiger partial charge in [-0.15, -0.1) is 0 Å². The van der Waals surface area contributed by atoms with E-state index in [0.717, 1.165) is 10.2 Å². The van der Waals surface area contributed by atoms with Crippen LogP contribution in [0, 0.1) is 5.92 Å². The molecule has 2 amide bonds.